The fourth-order valence-corrected chi connectivity index (χ4v) is 4.44. The molecule has 1 saturated heterocycles. The van der Waals surface area contributed by atoms with Gasteiger partial charge in [0, 0.05) is 37.1 Å². The van der Waals surface area contributed by atoms with Crippen LogP contribution < -0.4 is 15.4 Å². The Morgan fingerprint density at radius 2 is 1.97 bits per heavy atom. The normalized spacial score (nSPS) is 15.1. The van der Waals surface area contributed by atoms with Crippen LogP contribution in [0.4, 0.5) is 23.1 Å². The van der Waals surface area contributed by atoms with Gasteiger partial charge in [-0.3, -0.25) is 4.90 Å². The molecule has 1 aromatic heterocycles. The van der Waals surface area contributed by atoms with Gasteiger partial charge in [0.05, 0.1) is 26.0 Å². The second kappa shape index (κ2) is 11.2. The summed E-state index contributed by atoms with van der Waals surface area (Å²) in [4.78, 5) is 11.3. The van der Waals surface area contributed by atoms with Crippen LogP contribution in [0.25, 0.3) is 6.08 Å². The minimum Gasteiger partial charge on any atom is -0.493 e. The highest BCUT2D eigenvalue weighted by Crippen LogP contribution is 2.29. The van der Waals surface area contributed by atoms with Crippen molar-refractivity contribution in [1.82, 2.24) is 14.9 Å². The van der Waals surface area contributed by atoms with E-state index in [-0.39, 0.29) is 0 Å². The molecule has 2 aliphatic rings. The average molecular weight is 483 g/mol. The van der Waals surface area contributed by atoms with Crippen molar-refractivity contribution >= 4 is 29.2 Å². The van der Waals surface area contributed by atoms with E-state index < -0.39 is 0 Å². The van der Waals surface area contributed by atoms with Gasteiger partial charge >= 0.3 is 0 Å². The summed E-state index contributed by atoms with van der Waals surface area (Å²) < 4.78 is 11.4. The molecule has 0 radical (unpaired) electrons. The third kappa shape index (κ3) is 6.00. The Labute approximate surface area is 211 Å². The molecule has 1 aliphatic heterocycles. The summed E-state index contributed by atoms with van der Waals surface area (Å²) in [6, 6.07) is 16.1. The number of rotatable bonds is 9. The highest BCUT2D eigenvalue weighted by molar-refractivity contribution is 5.71. The fourth-order valence-electron chi connectivity index (χ4n) is 4.44. The highest BCUT2D eigenvalue weighted by Gasteiger charge is 2.13. The van der Waals surface area contributed by atoms with Crippen molar-refractivity contribution in [2.45, 2.75) is 19.8 Å². The molecule has 5 rings (SSSR count). The summed E-state index contributed by atoms with van der Waals surface area (Å²) in [5.74, 6) is 1.65. The van der Waals surface area contributed by atoms with Crippen LogP contribution in [-0.2, 0) is 11.2 Å². The third-order valence-electron chi connectivity index (χ3n) is 6.27. The fraction of sp³-hybridized carbons (Fsp3) is 0.321. The van der Waals surface area contributed by atoms with E-state index in [2.05, 4.69) is 56.7 Å². The van der Waals surface area contributed by atoms with Crippen molar-refractivity contribution in [3.63, 3.8) is 0 Å². The van der Waals surface area contributed by atoms with Gasteiger partial charge in [0.25, 0.3) is 0 Å². The van der Waals surface area contributed by atoms with Crippen LogP contribution in [0.5, 0.6) is 5.75 Å². The molecular weight excluding hydrogens is 452 g/mol. The van der Waals surface area contributed by atoms with Gasteiger partial charge < -0.3 is 20.1 Å². The monoisotopic (exact) mass is 482 g/mol. The number of nitriles is 1. The van der Waals surface area contributed by atoms with E-state index in [0.29, 0.717) is 23.9 Å². The summed E-state index contributed by atoms with van der Waals surface area (Å²) in [5, 5.41) is 16.1. The second-order valence-electron chi connectivity index (χ2n) is 9.08. The molecule has 0 amide bonds. The molecule has 2 N–H and O–H groups in total. The van der Waals surface area contributed by atoms with Gasteiger partial charge in [-0.1, -0.05) is 23.8 Å². The lowest BCUT2D eigenvalue weighted by Gasteiger charge is -2.26. The van der Waals surface area contributed by atoms with Crippen LogP contribution in [0.3, 0.4) is 0 Å². The zero-order valence-electron chi connectivity index (χ0n) is 20.5. The molecule has 2 heterocycles. The van der Waals surface area contributed by atoms with Gasteiger partial charge in [0.15, 0.2) is 5.82 Å². The van der Waals surface area contributed by atoms with Crippen molar-refractivity contribution in [2.75, 3.05) is 50.1 Å². The minimum atomic E-state index is 0.380. The summed E-state index contributed by atoms with van der Waals surface area (Å²) in [6.07, 6.45) is 5.66. The number of hydrogen-bond acceptors (Lipinski definition) is 8. The van der Waals surface area contributed by atoms with Crippen molar-refractivity contribution < 1.29 is 9.47 Å². The van der Waals surface area contributed by atoms with Crippen molar-refractivity contribution in [3.8, 4) is 11.8 Å². The predicted octanol–water partition coefficient (Wildman–Crippen LogP) is 4.90. The first-order chi connectivity index (χ1) is 17.7. The van der Waals surface area contributed by atoms with Gasteiger partial charge in [0.2, 0.25) is 5.95 Å². The SMILES string of the molecule is CC1=Cc2cc(Nc3nc(Nc4cccc(OCCCN5CCOCC5)c4)ncc3C#N)ccc2C1. The van der Waals surface area contributed by atoms with Crippen LogP contribution in [0.2, 0.25) is 0 Å². The summed E-state index contributed by atoms with van der Waals surface area (Å²) in [5.41, 5.74) is 5.93. The molecule has 0 spiro atoms. The molecule has 2 aromatic carbocycles. The quantitative estimate of drug-likeness (QED) is 0.416. The number of hydrogen-bond donors (Lipinski definition) is 2. The Morgan fingerprint density at radius 3 is 2.83 bits per heavy atom. The number of morpholine rings is 1. The number of nitrogens with one attached hydrogen (secondary N) is 2. The van der Waals surface area contributed by atoms with Gasteiger partial charge in [-0.05, 0) is 55.2 Å². The third-order valence-corrected chi connectivity index (χ3v) is 6.27. The lowest BCUT2D eigenvalue weighted by atomic mass is 10.1. The Kier molecular flexibility index (Phi) is 7.41. The standard InChI is InChI=1S/C28H30N6O2/c1-20-14-21-6-7-25(16-22(21)15-20)31-27-23(18-29)19-30-28(33-27)32-24-4-2-5-26(17-24)36-11-3-8-34-9-12-35-13-10-34/h2,4-7,15-17,19H,3,8-14H2,1H3,(H2,30,31,32,33). The van der Waals surface area contributed by atoms with Gasteiger partial charge in [-0.15, -0.1) is 0 Å². The summed E-state index contributed by atoms with van der Waals surface area (Å²) in [6.45, 7) is 7.40. The number of ether oxygens (including phenoxy) is 2. The first-order valence-electron chi connectivity index (χ1n) is 12.3. The van der Waals surface area contributed by atoms with E-state index in [4.69, 9.17) is 9.47 Å². The zero-order chi connectivity index (χ0) is 24.7. The van der Waals surface area contributed by atoms with Crippen molar-refractivity contribution in [3.05, 3.63) is 70.9 Å². The number of benzene rings is 2. The minimum absolute atomic E-state index is 0.380. The smallest absolute Gasteiger partial charge is 0.229 e. The average Bonchev–Trinajstić information content (AvgIpc) is 3.27. The molecule has 0 unspecified atom stereocenters. The molecular formula is C28H30N6O2. The molecule has 36 heavy (non-hydrogen) atoms. The highest BCUT2D eigenvalue weighted by atomic mass is 16.5. The number of allylic oxidation sites excluding steroid dienone is 1. The Morgan fingerprint density at radius 1 is 1.11 bits per heavy atom. The lowest BCUT2D eigenvalue weighted by Crippen LogP contribution is -2.37. The molecule has 8 nitrogen and oxygen atoms in total. The number of anilines is 4. The lowest BCUT2D eigenvalue weighted by molar-refractivity contribution is 0.0358. The van der Waals surface area contributed by atoms with Gasteiger partial charge in [0.1, 0.15) is 17.4 Å². The predicted molar refractivity (Wildman–Crippen MR) is 141 cm³/mol. The van der Waals surface area contributed by atoms with E-state index in [0.717, 1.165) is 62.8 Å². The maximum absolute atomic E-state index is 9.56. The maximum atomic E-state index is 9.56. The summed E-state index contributed by atoms with van der Waals surface area (Å²) >= 11 is 0. The van der Waals surface area contributed by atoms with E-state index >= 15 is 0 Å². The van der Waals surface area contributed by atoms with Gasteiger partial charge in [-0.25, -0.2) is 4.98 Å². The van der Waals surface area contributed by atoms with Crippen LogP contribution in [0.15, 0.2) is 54.2 Å². The second-order valence-corrected chi connectivity index (χ2v) is 9.08. The molecule has 0 saturated carbocycles. The van der Waals surface area contributed by atoms with E-state index in [9.17, 15) is 5.26 Å². The Balaban J connectivity index is 1.22. The Bertz CT molecular complexity index is 1290. The molecule has 0 bridgehead atoms. The molecule has 1 aliphatic carbocycles. The molecule has 184 valence electrons. The first-order valence-corrected chi connectivity index (χ1v) is 12.3. The maximum Gasteiger partial charge on any atom is 0.229 e. The largest absolute Gasteiger partial charge is 0.493 e. The van der Waals surface area contributed by atoms with E-state index in [1.807, 2.05) is 30.3 Å². The van der Waals surface area contributed by atoms with Crippen LogP contribution in [-0.4, -0.2) is 54.3 Å². The topological polar surface area (TPSA) is 95.3 Å². The van der Waals surface area contributed by atoms with E-state index in [1.54, 1.807) is 0 Å². The molecule has 0 atom stereocenters. The van der Waals surface area contributed by atoms with Crippen LogP contribution in [0.1, 0.15) is 30.0 Å². The van der Waals surface area contributed by atoms with Crippen LogP contribution in [0, 0.1) is 11.3 Å². The number of aromatic nitrogens is 2. The number of fused-ring (bicyclic) bond motifs is 1. The molecule has 1 fully saturated rings. The van der Waals surface area contributed by atoms with Crippen molar-refractivity contribution in [1.29, 1.82) is 5.26 Å². The van der Waals surface area contributed by atoms with Crippen LogP contribution >= 0.6 is 0 Å². The summed E-state index contributed by atoms with van der Waals surface area (Å²) in [7, 11) is 0. The van der Waals surface area contributed by atoms with E-state index in [1.165, 1.54) is 22.9 Å². The first kappa shape index (κ1) is 23.8. The molecule has 3 aromatic rings. The zero-order valence-corrected chi connectivity index (χ0v) is 20.5. The molecule has 8 heteroatoms. The Hall–Kier alpha value is -3.93. The van der Waals surface area contributed by atoms with Crippen molar-refractivity contribution in [2.24, 2.45) is 0 Å². The number of nitrogens with zero attached hydrogens (tertiary/aromatic N) is 4. The van der Waals surface area contributed by atoms with Gasteiger partial charge in [-0.2, -0.15) is 10.2 Å².